The van der Waals surface area contributed by atoms with Crippen molar-refractivity contribution in [2.24, 2.45) is 0 Å². The summed E-state index contributed by atoms with van der Waals surface area (Å²) in [5.41, 5.74) is 3.37. The summed E-state index contributed by atoms with van der Waals surface area (Å²) >= 11 is 3.49. The Morgan fingerprint density at radius 1 is 0.577 bits per heavy atom. The van der Waals surface area contributed by atoms with Gasteiger partial charge in [0.1, 0.15) is 7.85 Å². The van der Waals surface area contributed by atoms with Gasteiger partial charge in [-0.25, -0.2) is 15.0 Å². The van der Waals surface area contributed by atoms with Crippen molar-refractivity contribution in [3.63, 3.8) is 0 Å². The summed E-state index contributed by atoms with van der Waals surface area (Å²) in [6.07, 6.45) is 0. The number of halogens is 1. The first-order valence-corrected chi connectivity index (χ1v) is 8.92. The van der Waals surface area contributed by atoms with E-state index in [0.717, 1.165) is 21.2 Å². The van der Waals surface area contributed by atoms with E-state index in [4.69, 9.17) is 7.85 Å². The molecule has 0 saturated heterocycles. The van der Waals surface area contributed by atoms with Crippen LogP contribution in [0.1, 0.15) is 0 Å². The number of aromatic nitrogens is 3. The van der Waals surface area contributed by atoms with Gasteiger partial charge < -0.3 is 0 Å². The minimum absolute atomic E-state index is 0.589. The predicted octanol–water partition coefficient (Wildman–Crippen LogP) is 4.43. The van der Waals surface area contributed by atoms with Crippen molar-refractivity contribution in [2.45, 2.75) is 0 Å². The second kappa shape index (κ2) is 7.22. The number of rotatable bonds is 3. The Morgan fingerprint density at radius 3 is 1.50 bits per heavy atom. The molecule has 0 N–H and O–H groups in total. The minimum atomic E-state index is 0.589. The predicted molar refractivity (Wildman–Crippen MR) is 109 cm³/mol. The van der Waals surface area contributed by atoms with Crippen LogP contribution in [0.15, 0.2) is 83.3 Å². The van der Waals surface area contributed by atoms with Gasteiger partial charge in [-0.3, -0.25) is 0 Å². The molecule has 2 radical (unpaired) electrons. The summed E-state index contributed by atoms with van der Waals surface area (Å²) < 4.78 is 0.885. The highest BCUT2D eigenvalue weighted by molar-refractivity contribution is 9.10. The molecule has 0 aliphatic heterocycles. The van der Waals surface area contributed by atoms with Gasteiger partial charge in [0.15, 0.2) is 17.5 Å². The first kappa shape index (κ1) is 16.7. The monoisotopic (exact) mass is 397 g/mol. The fraction of sp³-hybridized carbons (Fsp3) is 0. The molecule has 0 bridgehead atoms. The van der Waals surface area contributed by atoms with Crippen LogP contribution in [0.25, 0.3) is 34.2 Å². The average Bonchev–Trinajstić information content (AvgIpc) is 2.68. The zero-order chi connectivity index (χ0) is 17.9. The fourth-order valence-electron chi connectivity index (χ4n) is 2.68. The Bertz CT molecular complexity index is 975. The standard InChI is InChI=1S/C21H13BBrN3/c22-17-11-16(12-18(23)13-17)21-25-19(14-7-3-1-4-8-14)24-20(26-21)15-9-5-2-6-10-15/h1-13H. The minimum Gasteiger partial charge on any atom is -0.208 e. The molecular weight excluding hydrogens is 385 g/mol. The van der Waals surface area contributed by atoms with Crippen molar-refractivity contribution in [1.29, 1.82) is 0 Å². The molecule has 3 aromatic carbocycles. The normalized spacial score (nSPS) is 10.7. The highest BCUT2D eigenvalue weighted by Crippen LogP contribution is 2.25. The van der Waals surface area contributed by atoms with E-state index in [9.17, 15) is 0 Å². The highest BCUT2D eigenvalue weighted by atomic mass is 79.9. The van der Waals surface area contributed by atoms with Crippen LogP contribution in [0.2, 0.25) is 0 Å². The van der Waals surface area contributed by atoms with E-state index in [1.807, 2.05) is 78.9 Å². The van der Waals surface area contributed by atoms with Gasteiger partial charge in [-0.05, 0) is 6.07 Å². The van der Waals surface area contributed by atoms with Crippen LogP contribution in [0.4, 0.5) is 0 Å². The summed E-state index contributed by atoms with van der Waals surface area (Å²) in [6.45, 7) is 0. The SMILES string of the molecule is [B]c1cc(Br)cc(-c2nc(-c3ccccc3)nc(-c3ccccc3)n2)c1. The van der Waals surface area contributed by atoms with Crippen LogP contribution >= 0.6 is 15.9 Å². The molecule has 0 saturated carbocycles. The summed E-state index contributed by atoms with van der Waals surface area (Å²) in [4.78, 5) is 14.0. The molecule has 5 heteroatoms. The molecule has 3 nitrogen and oxygen atoms in total. The summed E-state index contributed by atoms with van der Waals surface area (Å²) in [6, 6.07) is 25.4. The van der Waals surface area contributed by atoms with E-state index in [2.05, 4.69) is 30.9 Å². The van der Waals surface area contributed by atoms with Crippen LogP contribution in [0.3, 0.4) is 0 Å². The number of benzene rings is 3. The van der Waals surface area contributed by atoms with Gasteiger partial charge in [0.2, 0.25) is 0 Å². The molecular formula is C21H13BBrN3. The van der Waals surface area contributed by atoms with Crippen molar-refractivity contribution in [1.82, 2.24) is 15.0 Å². The second-order valence-electron chi connectivity index (χ2n) is 5.81. The Balaban J connectivity index is 1.93. The van der Waals surface area contributed by atoms with E-state index in [-0.39, 0.29) is 0 Å². The van der Waals surface area contributed by atoms with Crippen molar-refractivity contribution in [3.8, 4) is 34.2 Å². The quantitative estimate of drug-likeness (QED) is 0.480. The van der Waals surface area contributed by atoms with E-state index in [0.29, 0.717) is 22.9 Å². The summed E-state index contributed by atoms with van der Waals surface area (Å²) in [5, 5.41) is 0. The molecule has 0 spiro atoms. The van der Waals surface area contributed by atoms with E-state index in [1.54, 1.807) is 0 Å². The first-order chi connectivity index (χ1) is 12.7. The van der Waals surface area contributed by atoms with Crippen LogP contribution in [-0.2, 0) is 0 Å². The van der Waals surface area contributed by atoms with Crippen LogP contribution < -0.4 is 5.46 Å². The molecule has 0 atom stereocenters. The Labute approximate surface area is 161 Å². The van der Waals surface area contributed by atoms with E-state index >= 15 is 0 Å². The molecule has 0 unspecified atom stereocenters. The van der Waals surface area contributed by atoms with Crippen molar-refractivity contribution in [3.05, 3.63) is 83.3 Å². The average molecular weight is 398 g/mol. The largest absolute Gasteiger partial charge is 0.208 e. The zero-order valence-corrected chi connectivity index (χ0v) is 15.4. The lowest BCUT2D eigenvalue weighted by atomic mass is 9.94. The van der Waals surface area contributed by atoms with Gasteiger partial charge in [-0.15, -0.1) is 0 Å². The van der Waals surface area contributed by atoms with Crippen LogP contribution in [-0.4, -0.2) is 22.8 Å². The highest BCUT2D eigenvalue weighted by Gasteiger charge is 2.12. The lowest BCUT2D eigenvalue weighted by molar-refractivity contribution is 1.07. The third-order valence-electron chi connectivity index (χ3n) is 3.88. The lowest BCUT2D eigenvalue weighted by Crippen LogP contribution is -2.05. The maximum Gasteiger partial charge on any atom is 0.164 e. The number of hydrogen-bond acceptors (Lipinski definition) is 3. The molecule has 4 aromatic rings. The summed E-state index contributed by atoms with van der Waals surface area (Å²) in [7, 11) is 5.99. The van der Waals surface area contributed by atoms with Crippen molar-refractivity contribution in [2.75, 3.05) is 0 Å². The molecule has 0 fully saturated rings. The van der Waals surface area contributed by atoms with Gasteiger partial charge in [0, 0.05) is 21.2 Å². The molecule has 1 heterocycles. The first-order valence-electron chi connectivity index (χ1n) is 8.12. The molecule has 1 aromatic heterocycles. The van der Waals surface area contributed by atoms with E-state index < -0.39 is 0 Å². The van der Waals surface area contributed by atoms with Gasteiger partial charge in [0.25, 0.3) is 0 Å². The third kappa shape index (κ3) is 3.58. The van der Waals surface area contributed by atoms with Gasteiger partial charge >= 0.3 is 0 Å². The van der Waals surface area contributed by atoms with Gasteiger partial charge in [-0.1, -0.05) is 94.2 Å². The second-order valence-corrected chi connectivity index (χ2v) is 6.73. The Morgan fingerprint density at radius 2 is 1.04 bits per heavy atom. The Kier molecular flexibility index (Phi) is 4.63. The smallest absolute Gasteiger partial charge is 0.164 e. The molecule has 4 rings (SSSR count). The Hall–Kier alpha value is -2.79. The van der Waals surface area contributed by atoms with Crippen LogP contribution in [0, 0.1) is 0 Å². The van der Waals surface area contributed by atoms with E-state index in [1.165, 1.54) is 0 Å². The van der Waals surface area contributed by atoms with Crippen molar-refractivity contribution >= 4 is 29.2 Å². The van der Waals surface area contributed by atoms with Gasteiger partial charge in [-0.2, -0.15) is 0 Å². The number of hydrogen-bond donors (Lipinski definition) is 0. The fourth-order valence-corrected chi connectivity index (χ4v) is 3.19. The summed E-state index contributed by atoms with van der Waals surface area (Å²) in [5.74, 6) is 1.85. The van der Waals surface area contributed by atoms with Crippen molar-refractivity contribution < 1.29 is 0 Å². The zero-order valence-electron chi connectivity index (χ0n) is 13.8. The number of nitrogens with zero attached hydrogens (tertiary/aromatic N) is 3. The third-order valence-corrected chi connectivity index (χ3v) is 4.34. The topological polar surface area (TPSA) is 38.7 Å². The maximum atomic E-state index is 5.99. The van der Waals surface area contributed by atoms with Crippen LogP contribution in [0.5, 0.6) is 0 Å². The maximum absolute atomic E-state index is 5.99. The molecule has 0 amide bonds. The van der Waals surface area contributed by atoms with Gasteiger partial charge in [0.05, 0.1) is 0 Å². The molecule has 0 aliphatic carbocycles. The molecule has 26 heavy (non-hydrogen) atoms. The lowest BCUT2D eigenvalue weighted by Gasteiger charge is -2.09. The molecule has 122 valence electrons. The molecule has 0 aliphatic rings.